The molecule has 3 N–H and O–H groups in total. The van der Waals surface area contributed by atoms with Gasteiger partial charge in [0, 0.05) is 16.0 Å². The van der Waals surface area contributed by atoms with E-state index >= 15 is 0 Å². The average Bonchev–Trinajstić information content (AvgIpc) is 2.43. The molecule has 4 nitrogen and oxygen atoms in total. The fourth-order valence-corrected chi connectivity index (χ4v) is 3.71. The van der Waals surface area contributed by atoms with Crippen LogP contribution in [0.1, 0.15) is 11.1 Å². The fraction of sp³-hybridized carbons (Fsp3) is 0.143. The molecule has 7 heteroatoms. The first-order valence-corrected chi connectivity index (χ1v) is 8.77. The molecule has 0 aromatic heterocycles. The van der Waals surface area contributed by atoms with Gasteiger partial charge in [0.1, 0.15) is 0 Å². The zero-order valence-corrected chi connectivity index (χ0v) is 14.4. The lowest BCUT2D eigenvalue weighted by Crippen LogP contribution is -2.14. The van der Waals surface area contributed by atoms with E-state index in [9.17, 15) is 8.42 Å². The first-order chi connectivity index (χ1) is 9.85. The van der Waals surface area contributed by atoms with E-state index in [1.165, 1.54) is 12.1 Å². The lowest BCUT2D eigenvalue weighted by Gasteiger charge is -2.12. The lowest BCUT2D eigenvalue weighted by molar-refractivity contribution is 0.601. The zero-order chi connectivity index (χ0) is 15.6. The Bertz CT molecular complexity index is 779. The van der Waals surface area contributed by atoms with Gasteiger partial charge in [0.2, 0.25) is 0 Å². The standard InChI is InChI=1S/C14H14BrClN2O2S/c1-9-3-2-4-13(14(9)15)18-21(19,20)11-6-5-10(8-17)12(16)7-11/h2-7,18H,8,17H2,1H3. The number of hydrogen-bond acceptors (Lipinski definition) is 3. The molecule has 112 valence electrons. The van der Waals surface area contributed by atoms with Crippen molar-refractivity contribution in [1.82, 2.24) is 0 Å². The number of rotatable bonds is 4. The van der Waals surface area contributed by atoms with Crippen LogP contribution < -0.4 is 10.5 Å². The molecule has 0 radical (unpaired) electrons. The fourth-order valence-electron chi connectivity index (χ4n) is 1.79. The van der Waals surface area contributed by atoms with E-state index in [4.69, 9.17) is 17.3 Å². The van der Waals surface area contributed by atoms with Gasteiger partial charge >= 0.3 is 0 Å². The topological polar surface area (TPSA) is 72.2 Å². The van der Waals surface area contributed by atoms with Crippen LogP contribution in [0.5, 0.6) is 0 Å². The highest BCUT2D eigenvalue weighted by molar-refractivity contribution is 9.10. The number of hydrogen-bond donors (Lipinski definition) is 2. The summed E-state index contributed by atoms with van der Waals surface area (Å²) in [5, 5.41) is 0.337. The molecule has 0 saturated carbocycles. The molecular formula is C14H14BrClN2O2S. The summed E-state index contributed by atoms with van der Waals surface area (Å²) in [5.74, 6) is 0. The van der Waals surface area contributed by atoms with Gasteiger partial charge in [0.15, 0.2) is 0 Å². The molecule has 0 spiro atoms. The van der Waals surface area contributed by atoms with Gasteiger partial charge < -0.3 is 5.73 Å². The van der Waals surface area contributed by atoms with Gasteiger partial charge in [-0.25, -0.2) is 8.42 Å². The second-order valence-electron chi connectivity index (χ2n) is 4.50. The van der Waals surface area contributed by atoms with Crippen molar-refractivity contribution in [3.63, 3.8) is 0 Å². The van der Waals surface area contributed by atoms with Gasteiger partial charge in [-0.15, -0.1) is 0 Å². The Balaban J connectivity index is 2.39. The summed E-state index contributed by atoms with van der Waals surface area (Å²) in [6.45, 7) is 2.14. The van der Waals surface area contributed by atoms with Crippen LogP contribution in [-0.4, -0.2) is 8.42 Å². The molecule has 0 fully saturated rings. The van der Waals surface area contributed by atoms with Crippen molar-refractivity contribution in [2.24, 2.45) is 5.73 Å². The van der Waals surface area contributed by atoms with Crippen LogP contribution >= 0.6 is 27.5 Å². The number of aryl methyl sites for hydroxylation is 1. The Kier molecular flexibility index (Phi) is 4.93. The van der Waals surface area contributed by atoms with E-state index in [-0.39, 0.29) is 11.4 Å². The van der Waals surface area contributed by atoms with Crippen LogP contribution in [0.25, 0.3) is 0 Å². The summed E-state index contributed by atoms with van der Waals surface area (Å²) in [5.41, 5.74) is 7.63. The maximum absolute atomic E-state index is 12.4. The molecule has 2 aromatic rings. The van der Waals surface area contributed by atoms with Gasteiger partial charge in [0.05, 0.1) is 10.6 Å². The second-order valence-corrected chi connectivity index (χ2v) is 7.38. The van der Waals surface area contributed by atoms with Crippen LogP contribution in [0.3, 0.4) is 0 Å². The summed E-state index contributed by atoms with van der Waals surface area (Å²) >= 11 is 9.39. The molecular weight excluding hydrogens is 376 g/mol. The number of nitrogens with one attached hydrogen (secondary N) is 1. The Hall–Kier alpha value is -1.08. The predicted molar refractivity (Wildman–Crippen MR) is 89.0 cm³/mol. The molecule has 0 amide bonds. The van der Waals surface area contributed by atoms with Gasteiger partial charge in [-0.05, 0) is 52.2 Å². The summed E-state index contributed by atoms with van der Waals surface area (Å²) in [7, 11) is -3.71. The molecule has 0 unspecified atom stereocenters. The van der Waals surface area contributed by atoms with Crippen LogP contribution in [0.4, 0.5) is 5.69 Å². The van der Waals surface area contributed by atoms with Crippen molar-refractivity contribution in [2.45, 2.75) is 18.4 Å². The van der Waals surface area contributed by atoms with Crippen molar-refractivity contribution < 1.29 is 8.42 Å². The number of sulfonamides is 1. The number of benzene rings is 2. The minimum atomic E-state index is -3.71. The van der Waals surface area contributed by atoms with E-state index in [2.05, 4.69) is 20.7 Å². The molecule has 0 aliphatic carbocycles. The quantitative estimate of drug-likeness (QED) is 0.838. The third-order valence-corrected chi connectivity index (χ3v) is 5.76. The van der Waals surface area contributed by atoms with Crippen LogP contribution in [0.2, 0.25) is 5.02 Å². The second kappa shape index (κ2) is 6.36. The molecule has 0 saturated heterocycles. The number of nitrogens with two attached hydrogens (primary N) is 1. The normalized spacial score (nSPS) is 11.4. The highest BCUT2D eigenvalue weighted by Crippen LogP contribution is 2.29. The summed E-state index contributed by atoms with van der Waals surface area (Å²) in [6, 6.07) is 9.85. The smallest absolute Gasteiger partial charge is 0.261 e. The van der Waals surface area contributed by atoms with Gasteiger partial charge in [0.25, 0.3) is 10.0 Å². The maximum atomic E-state index is 12.4. The van der Waals surface area contributed by atoms with Crippen molar-refractivity contribution in [3.05, 3.63) is 57.0 Å². The molecule has 0 heterocycles. The molecule has 21 heavy (non-hydrogen) atoms. The van der Waals surface area contributed by atoms with Crippen LogP contribution in [-0.2, 0) is 16.6 Å². The first-order valence-electron chi connectivity index (χ1n) is 6.11. The number of halogens is 2. The Labute approximate surface area is 137 Å². The summed E-state index contributed by atoms with van der Waals surface area (Å²) in [6.07, 6.45) is 0. The molecule has 0 aliphatic rings. The van der Waals surface area contributed by atoms with Gasteiger partial charge in [-0.3, -0.25) is 4.72 Å². The first kappa shape index (κ1) is 16.3. The molecule has 0 aliphatic heterocycles. The lowest BCUT2D eigenvalue weighted by atomic mass is 10.2. The SMILES string of the molecule is Cc1cccc(NS(=O)(=O)c2ccc(CN)c(Cl)c2)c1Br. The van der Waals surface area contributed by atoms with Crippen molar-refractivity contribution in [1.29, 1.82) is 0 Å². The van der Waals surface area contributed by atoms with Crippen molar-refractivity contribution >= 4 is 43.2 Å². The summed E-state index contributed by atoms with van der Waals surface area (Å²) < 4.78 is 28.0. The van der Waals surface area contributed by atoms with E-state index in [1.54, 1.807) is 18.2 Å². The largest absolute Gasteiger partial charge is 0.326 e. The number of anilines is 1. The third kappa shape index (κ3) is 3.58. The van der Waals surface area contributed by atoms with E-state index in [1.807, 2.05) is 13.0 Å². The monoisotopic (exact) mass is 388 g/mol. The van der Waals surface area contributed by atoms with Crippen LogP contribution in [0.15, 0.2) is 45.8 Å². The predicted octanol–water partition coefficient (Wildman–Crippen LogP) is 3.67. The third-order valence-electron chi connectivity index (χ3n) is 2.99. The highest BCUT2D eigenvalue weighted by Gasteiger charge is 2.17. The van der Waals surface area contributed by atoms with Crippen molar-refractivity contribution in [2.75, 3.05) is 4.72 Å². The molecule has 2 aromatic carbocycles. The molecule has 2 rings (SSSR count). The Morgan fingerprint density at radius 2 is 2.00 bits per heavy atom. The van der Waals surface area contributed by atoms with Gasteiger partial charge in [-0.2, -0.15) is 0 Å². The minimum absolute atomic E-state index is 0.0955. The molecule has 0 bridgehead atoms. The Morgan fingerprint density at radius 1 is 1.29 bits per heavy atom. The van der Waals surface area contributed by atoms with E-state index < -0.39 is 10.0 Å². The van der Waals surface area contributed by atoms with Gasteiger partial charge in [-0.1, -0.05) is 29.8 Å². The van der Waals surface area contributed by atoms with E-state index in [0.717, 1.165) is 5.56 Å². The maximum Gasteiger partial charge on any atom is 0.261 e. The highest BCUT2D eigenvalue weighted by atomic mass is 79.9. The van der Waals surface area contributed by atoms with Crippen molar-refractivity contribution in [3.8, 4) is 0 Å². The summed E-state index contributed by atoms with van der Waals surface area (Å²) in [4.78, 5) is 0.0955. The Morgan fingerprint density at radius 3 is 2.62 bits per heavy atom. The zero-order valence-electron chi connectivity index (χ0n) is 11.2. The molecule has 0 atom stereocenters. The van der Waals surface area contributed by atoms with E-state index in [0.29, 0.717) is 20.7 Å². The minimum Gasteiger partial charge on any atom is -0.326 e. The van der Waals surface area contributed by atoms with Crippen LogP contribution in [0, 0.1) is 6.92 Å². The average molecular weight is 390 g/mol.